The van der Waals surface area contributed by atoms with Gasteiger partial charge >= 0.3 is 0 Å². The number of nitrogens with zero attached hydrogens (tertiary/aromatic N) is 2. The molecule has 0 N–H and O–H groups in total. The van der Waals surface area contributed by atoms with Crippen LogP contribution in [0.3, 0.4) is 0 Å². The summed E-state index contributed by atoms with van der Waals surface area (Å²) in [5.74, 6) is 1.86. The zero-order valence-corrected chi connectivity index (χ0v) is 26.0. The predicted octanol–water partition coefficient (Wildman–Crippen LogP) is 6.91. The van der Waals surface area contributed by atoms with Gasteiger partial charge < -0.3 is 18.8 Å². The molecule has 3 aromatic carbocycles. The third-order valence-corrected chi connectivity index (χ3v) is 8.17. The molecule has 4 aromatic rings. The average molecular weight is 601 g/mol. The molecule has 1 unspecified atom stereocenters. The lowest BCUT2D eigenvalue weighted by atomic mass is 10.0. The van der Waals surface area contributed by atoms with Crippen LogP contribution in [0.15, 0.2) is 90.2 Å². The summed E-state index contributed by atoms with van der Waals surface area (Å²) < 4.78 is 31.7. The molecule has 0 radical (unpaired) electrons. The predicted molar refractivity (Wildman–Crippen MR) is 172 cm³/mol. The van der Waals surface area contributed by atoms with Crippen molar-refractivity contribution in [2.45, 2.75) is 50.3 Å². The van der Waals surface area contributed by atoms with E-state index < -0.39 is 10.8 Å². The van der Waals surface area contributed by atoms with Crippen molar-refractivity contribution in [1.29, 1.82) is 0 Å². The van der Waals surface area contributed by atoms with Gasteiger partial charge in [0.25, 0.3) is 0 Å². The van der Waals surface area contributed by atoms with E-state index in [-0.39, 0.29) is 12.2 Å². The SMILES string of the molecule is CCCOCCOc1ccc(-c2ccc(OC)c(/C=C/C(=O)Cc3ccc(S(=O)Cc4cncn4CCC)cc3)c2)cc1. The third kappa shape index (κ3) is 9.49. The Hall–Kier alpha value is -4.01. The summed E-state index contributed by atoms with van der Waals surface area (Å²) in [7, 11) is 0.431. The number of ether oxygens (including phenoxy) is 3. The first-order valence-corrected chi connectivity index (χ1v) is 16.0. The van der Waals surface area contributed by atoms with Gasteiger partial charge in [0.1, 0.15) is 18.1 Å². The average Bonchev–Trinajstić information content (AvgIpc) is 3.46. The zero-order chi connectivity index (χ0) is 30.4. The van der Waals surface area contributed by atoms with Crippen LogP contribution in [0.1, 0.15) is 43.5 Å². The summed E-state index contributed by atoms with van der Waals surface area (Å²) >= 11 is 0. The van der Waals surface area contributed by atoms with Crippen LogP contribution in [0.2, 0.25) is 0 Å². The first kappa shape index (κ1) is 31.9. The maximum atomic E-state index is 12.9. The van der Waals surface area contributed by atoms with Gasteiger partial charge in [-0.25, -0.2) is 4.98 Å². The molecule has 0 saturated heterocycles. The highest BCUT2D eigenvalue weighted by Gasteiger charge is 2.11. The van der Waals surface area contributed by atoms with E-state index in [1.165, 1.54) is 0 Å². The Labute approximate surface area is 257 Å². The molecule has 0 spiro atoms. The summed E-state index contributed by atoms with van der Waals surface area (Å²) in [6.45, 7) is 6.87. The number of benzene rings is 3. The van der Waals surface area contributed by atoms with Gasteiger partial charge in [-0.15, -0.1) is 0 Å². The van der Waals surface area contributed by atoms with E-state index in [1.807, 2.05) is 71.3 Å². The second kappa shape index (κ2) is 16.6. The van der Waals surface area contributed by atoms with Crippen LogP contribution in [0.5, 0.6) is 11.5 Å². The molecule has 1 heterocycles. The van der Waals surface area contributed by atoms with Crippen molar-refractivity contribution in [3.63, 3.8) is 0 Å². The summed E-state index contributed by atoms with van der Waals surface area (Å²) in [6.07, 6.45) is 9.17. The minimum atomic E-state index is -1.19. The molecular weight excluding hydrogens is 560 g/mol. The second-order valence-corrected chi connectivity index (χ2v) is 11.6. The summed E-state index contributed by atoms with van der Waals surface area (Å²) in [6, 6.07) is 21.2. The smallest absolute Gasteiger partial charge is 0.160 e. The number of allylic oxidation sites excluding steroid dienone is 1. The first-order chi connectivity index (χ1) is 21.0. The minimum Gasteiger partial charge on any atom is -0.496 e. The molecule has 1 atom stereocenters. The van der Waals surface area contributed by atoms with Gasteiger partial charge in [-0.1, -0.05) is 44.2 Å². The van der Waals surface area contributed by atoms with E-state index in [1.54, 1.807) is 31.8 Å². The number of hydrogen-bond donors (Lipinski definition) is 0. The molecule has 0 amide bonds. The maximum Gasteiger partial charge on any atom is 0.160 e. The van der Waals surface area contributed by atoms with Crippen molar-refractivity contribution in [1.82, 2.24) is 9.55 Å². The molecule has 4 rings (SSSR count). The van der Waals surface area contributed by atoms with Crippen molar-refractivity contribution >= 4 is 22.7 Å². The molecule has 8 heteroatoms. The van der Waals surface area contributed by atoms with Crippen molar-refractivity contribution in [2.24, 2.45) is 0 Å². The van der Waals surface area contributed by atoms with Crippen LogP contribution >= 0.6 is 0 Å². The largest absolute Gasteiger partial charge is 0.496 e. The highest BCUT2D eigenvalue weighted by molar-refractivity contribution is 7.84. The molecule has 0 fully saturated rings. The Balaban J connectivity index is 1.35. The van der Waals surface area contributed by atoms with Crippen molar-refractivity contribution < 1.29 is 23.2 Å². The number of methoxy groups -OCH3 is 1. The molecule has 7 nitrogen and oxygen atoms in total. The lowest BCUT2D eigenvalue weighted by Crippen LogP contribution is -2.06. The van der Waals surface area contributed by atoms with Crippen molar-refractivity contribution in [3.8, 4) is 22.6 Å². The number of imidazole rings is 1. The Morgan fingerprint density at radius 3 is 2.42 bits per heavy atom. The van der Waals surface area contributed by atoms with Gasteiger partial charge in [0.2, 0.25) is 0 Å². The highest BCUT2D eigenvalue weighted by Crippen LogP contribution is 2.29. The van der Waals surface area contributed by atoms with Crippen LogP contribution in [0.25, 0.3) is 17.2 Å². The molecule has 0 saturated carbocycles. The number of carbonyl (C=O) groups excluding carboxylic acids is 1. The van der Waals surface area contributed by atoms with Gasteiger partial charge in [0, 0.05) is 36.2 Å². The number of ketones is 1. The van der Waals surface area contributed by atoms with Gasteiger partial charge in [0.15, 0.2) is 5.78 Å². The molecule has 43 heavy (non-hydrogen) atoms. The third-order valence-electron chi connectivity index (χ3n) is 6.82. The molecule has 1 aromatic heterocycles. The molecule has 0 aliphatic carbocycles. The second-order valence-electron chi connectivity index (χ2n) is 10.1. The standard InChI is InChI=1S/C35H40N2O5S/c1-4-18-37-26-36-24-31(37)25-43(39)34-15-6-27(7-16-34)22-32(38)12-8-30-23-29(11-17-35(30)40-3)28-9-13-33(14-10-28)42-21-20-41-19-5-2/h6-17,23-24,26H,4-5,18-22,25H2,1-3H3/b12-8+. The van der Waals surface area contributed by atoms with Crippen LogP contribution in [0, 0.1) is 0 Å². The van der Waals surface area contributed by atoms with Crippen molar-refractivity contribution in [3.05, 3.63) is 102 Å². The Kier molecular flexibility index (Phi) is 12.3. The van der Waals surface area contributed by atoms with E-state index in [0.29, 0.717) is 24.7 Å². The molecule has 0 bridgehead atoms. The Morgan fingerprint density at radius 1 is 0.930 bits per heavy atom. The number of aryl methyl sites for hydroxylation is 1. The lowest BCUT2D eigenvalue weighted by Gasteiger charge is -2.10. The van der Waals surface area contributed by atoms with Crippen LogP contribution in [-0.4, -0.2) is 46.5 Å². The van der Waals surface area contributed by atoms with Gasteiger partial charge in [-0.2, -0.15) is 0 Å². The maximum absolute atomic E-state index is 12.9. The molecular formula is C35H40N2O5S. The van der Waals surface area contributed by atoms with Crippen LogP contribution < -0.4 is 9.47 Å². The lowest BCUT2D eigenvalue weighted by molar-refractivity contribution is -0.113. The van der Waals surface area contributed by atoms with Gasteiger partial charge in [-0.05, 0) is 78.1 Å². The van der Waals surface area contributed by atoms with E-state index >= 15 is 0 Å². The van der Waals surface area contributed by atoms with Crippen molar-refractivity contribution in [2.75, 3.05) is 26.9 Å². The monoisotopic (exact) mass is 600 g/mol. The first-order valence-electron chi connectivity index (χ1n) is 14.7. The number of aromatic nitrogens is 2. The van der Waals surface area contributed by atoms with E-state index in [2.05, 4.69) is 18.8 Å². The fourth-order valence-corrected chi connectivity index (χ4v) is 5.70. The topological polar surface area (TPSA) is 79.7 Å². The zero-order valence-electron chi connectivity index (χ0n) is 25.2. The van der Waals surface area contributed by atoms with Gasteiger partial charge in [0.05, 0.1) is 42.3 Å². The quantitative estimate of drug-likeness (QED) is 0.0968. The molecule has 0 aliphatic heterocycles. The number of rotatable bonds is 17. The summed E-state index contributed by atoms with van der Waals surface area (Å²) in [5.41, 5.74) is 4.68. The highest BCUT2D eigenvalue weighted by atomic mass is 32.2. The minimum absolute atomic E-state index is 0.0331. The Morgan fingerprint density at radius 2 is 1.70 bits per heavy atom. The van der Waals surface area contributed by atoms with Crippen LogP contribution in [-0.2, 0) is 39.0 Å². The fraction of sp³-hybridized carbons (Fsp3) is 0.314. The fourth-order valence-electron chi connectivity index (χ4n) is 4.58. The number of carbonyl (C=O) groups is 1. The Bertz CT molecular complexity index is 1510. The molecule has 226 valence electrons. The van der Waals surface area contributed by atoms with E-state index in [0.717, 1.165) is 64.6 Å². The van der Waals surface area contributed by atoms with E-state index in [4.69, 9.17) is 14.2 Å². The molecule has 0 aliphatic rings. The summed E-state index contributed by atoms with van der Waals surface area (Å²) in [4.78, 5) is 17.8. The van der Waals surface area contributed by atoms with E-state index in [9.17, 15) is 9.00 Å². The summed E-state index contributed by atoms with van der Waals surface area (Å²) in [5, 5.41) is 0. The van der Waals surface area contributed by atoms with Crippen LogP contribution in [0.4, 0.5) is 0 Å². The number of hydrogen-bond acceptors (Lipinski definition) is 6. The normalized spacial score (nSPS) is 12.0. The van der Waals surface area contributed by atoms with Gasteiger partial charge in [-0.3, -0.25) is 9.00 Å².